The Labute approximate surface area is 97.9 Å². The third-order valence-corrected chi connectivity index (χ3v) is 2.67. The van der Waals surface area contributed by atoms with Crippen molar-refractivity contribution in [3.05, 3.63) is 30.1 Å². The Morgan fingerprint density at radius 3 is 2.75 bits per heavy atom. The lowest BCUT2D eigenvalue weighted by molar-refractivity contribution is 0.282. The lowest BCUT2D eigenvalue weighted by Crippen LogP contribution is -2.20. The molecule has 3 nitrogen and oxygen atoms in total. The molecule has 0 aliphatic rings. The maximum absolute atomic E-state index is 8.64. The van der Waals surface area contributed by atoms with Crippen LogP contribution in [0.3, 0.4) is 0 Å². The average molecular weight is 222 g/mol. The Balaban J connectivity index is 2.09. The van der Waals surface area contributed by atoms with E-state index in [4.69, 9.17) is 5.11 Å². The van der Waals surface area contributed by atoms with E-state index in [1.807, 2.05) is 24.4 Å². The number of unbranched alkanes of at least 4 members (excludes halogenated alkanes) is 3. The first kappa shape index (κ1) is 13.1. The van der Waals surface area contributed by atoms with E-state index in [1.54, 1.807) is 0 Å². The van der Waals surface area contributed by atoms with Crippen LogP contribution >= 0.6 is 0 Å². The second kappa shape index (κ2) is 8.25. The van der Waals surface area contributed by atoms with Crippen LogP contribution in [0.1, 0.15) is 44.3 Å². The number of nitrogens with zero attached hydrogens (tertiary/aromatic N) is 1. The maximum atomic E-state index is 8.64. The minimum Gasteiger partial charge on any atom is -0.396 e. The van der Waals surface area contributed by atoms with Crippen LogP contribution in [-0.2, 0) is 0 Å². The van der Waals surface area contributed by atoms with E-state index in [0.717, 1.165) is 31.5 Å². The molecule has 2 N–H and O–H groups in total. The molecule has 0 aliphatic carbocycles. The van der Waals surface area contributed by atoms with Gasteiger partial charge in [-0.2, -0.15) is 0 Å². The lowest BCUT2D eigenvalue weighted by Gasteiger charge is -2.12. The van der Waals surface area contributed by atoms with Gasteiger partial charge in [-0.25, -0.2) is 0 Å². The van der Waals surface area contributed by atoms with Crippen LogP contribution in [-0.4, -0.2) is 23.2 Å². The summed E-state index contributed by atoms with van der Waals surface area (Å²) in [5, 5.41) is 12.1. The number of pyridine rings is 1. The molecule has 1 heterocycles. The van der Waals surface area contributed by atoms with Gasteiger partial charge in [0.1, 0.15) is 0 Å². The van der Waals surface area contributed by atoms with Crippen molar-refractivity contribution in [1.82, 2.24) is 10.3 Å². The summed E-state index contributed by atoms with van der Waals surface area (Å²) in [6.45, 7) is 3.47. The molecule has 0 fully saturated rings. The van der Waals surface area contributed by atoms with Crippen LogP contribution in [0.5, 0.6) is 0 Å². The highest BCUT2D eigenvalue weighted by atomic mass is 16.2. The highest BCUT2D eigenvalue weighted by Gasteiger charge is 2.03. The van der Waals surface area contributed by atoms with Crippen molar-refractivity contribution < 1.29 is 5.11 Å². The van der Waals surface area contributed by atoms with E-state index < -0.39 is 0 Å². The van der Waals surface area contributed by atoms with Crippen molar-refractivity contribution in [1.29, 1.82) is 0 Å². The minimum absolute atomic E-state index is 0.317. The van der Waals surface area contributed by atoms with E-state index in [9.17, 15) is 0 Å². The van der Waals surface area contributed by atoms with Crippen LogP contribution in [0.4, 0.5) is 0 Å². The molecule has 0 saturated carbocycles. The molecule has 0 spiro atoms. The molecule has 0 saturated heterocycles. The van der Waals surface area contributed by atoms with Gasteiger partial charge in [-0.1, -0.05) is 18.9 Å². The third kappa shape index (κ3) is 5.24. The zero-order chi connectivity index (χ0) is 11.6. The second-order valence-corrected chi connectivity index (χ2v) is 4.07. The topological polar surface area (TPSA) is 45.1 Å². The van der Waals surface area contributed by atoms with Gasteiger partial charge in [-0.05, 0) is 38.4 Å². The number of nitrogens with one attached hydrogen (secondary N) is 1. The molecule has 0 aliphatic heterocycles. The predicted molar refractivity (Wildman–Crippen MR) is 66.2 cm³/mol. The fraction of sp³-hybridized carbons (Fsp3) is 0.615. The Morgan fingerprint density at radius 2 is 2.06 bits per heavy atom. The number of hydrogen-bond donors (Lipinski definition) is 2. The van der Waals surface area contributed by atoms with Gasteiger partial charge >= 0.3 is 0 Å². The first-order valence-electron chi connectivity index (χ1n) is 6.09. The fourth-order valence-corrected chi connectivity index (χ4v) is 1.65. The van der Waals surface area contributed by atoms with Gasteiger partial charge in [0.2, 0.25) is 0 Å². The molecule has 90 valence electrons. The van der Waals surface area contributed by atoms with Crippen LogP contribution in [0.15, 0.2) is 24.4 Å². The van der Waals surface area contributed by atoms with Gasteiger partial charge in [-0.3, -0.25) is 4.98 Å². The zero-order valence-electron chi connectivity index (χ0n) is 10.0. The molecule has 1 aromatic heterocycles. The summed E-state index contributed by atoms with van der Waals surface area (Å²) in [6, 6.07) is 6.31. The van der Waals surface area contributed by atoms with Gasteiger partial charge < -0.3 is 10.4 Å². The SMILES string of the molecule is C[C@H](NCCCCCCO)c1ccccn1. The summed E-state index contributed by atoms with van der Waals surface area (Å²) >= 11 is 0. The number of aliphatic hydroxyl groups is 1. The average Bonchev–Trinajstić information content (AvgIpc) is 2.34. The first-order valence-corrected chi connectivity index (χ1v) is 6.09. The summed E-state index contributed by atoms with van der Waals surface area (Å²) in [4.78, 5) is 4.31. The van der Waals surface area contributed by atoms with E-state index in [-0.39, 0.29) is 0 Å². The molecule has 0 radical (unpaired) electrons. The Hall–Kier alpha value is -0.930. The Kier molecular flexibility index (Phi) is 6.77. The first-order chi connectivity index (χ1) is 7.84. The number of aromatic nitrogens is 1. The van der Waals surface area contributed by atoms with Crippen LogP contribution in [0, 0.1) is 0 Å². The molecular weight excluding hydrogens is 200 g/mol. The van der Waals surface area contributed by atoms with Gasteiger partial charge in [-0.15, -0.1) is 0 Å². The quantitative estimate of drug-likeness (QED) is 0.663. The highest BCUT2D eigenvalue weighted by molar-refractivity contribution is 5.07. The van der Waals surface area contributed by atoms with Crippen molar-refractivity contribution >= 4 is 0 Å². The van der Waals surface area contributed by atoms with E-state index in [1.165, 1.54) is 6.42 Å². The van der Waals surface area contributed by atoms with E-state index in [0.29, 0.717) is 12.6 Å². The van der Waals surface area contributed by atoms with Gasteiger partial charge in [0.05, 0.1) is 5.69 Å². The van der Waals surface area contributed by atoms with Crippen LogP contribution < -0.4 is 5.32 Å². The number of aliphatic hydroxyl groups excluding tert-OH is 1. The molecule has 3 heteroatoms. The monoisotopic (exact) mass is 222 g/mol. The minimum atomic E-state index is 0.317. The van der Waals surface area contributed by atoms with Gasteiger partial charge in [0.15, 0.2) is 0 Å². The molecule has 0 unspecified atom stereocenters. The molecule has 16 heavy (non-hydrogen) atoms. The maximum Gasteiger partial charge on any atom is 0.0570 e. The lowest BCUT2D eigenvalue weighted by atomic mass is 10.1. The molecule has 0 bridgehead atoms. The summed E-state index contributed by atoms with van der Waals surface area (Å²) in [6.07, 6.45) is 6.22. The predicted octanol–water partition coefficient (Wildman–Crippen LogP) is 2.28. The third-order valence-electron chi connectivity index (χ3n) is 2.67. The smallest absolute Gasteiger partial charge is 0.0570 e. The summed E-state index contributed by atoms with van der Waals surface area (Å²) in [7, 11) is 0. The van der Waals surface area contributed by atoms with Crippen molar-refractivity contribution in [3.8, 4) is 0 Å². The summed E-state index contributed by atoms with van der Waals surface area (Å²) < 4.78 is 0. The standard InChI is InChI=1S/C13H22N2O/c1-12(13-8-4-6-10-15-13)14-9-5-2-3-7-11-16/h4,6,8,10,12,14,16H,2-3,5,7,9,11H2,1H3/t12-/m0/s1. The number of hydrogen-bond acceptors (Lipinski definition) is 3. The second-order valence-electron chi connectivity index (χ2n) is 4.07. The summed E-state index contributed by atoms with van der Waals surface area (Å²) in [5.74, 6) is 0. The molecular formula is C13H22N2O. The molecule has 1 aromatic rings. The van der Waals surface area contributed by atoms with E-state index in [2.05, 4.69) is 17.2 Å². The summed E-state index contributed by atoms with van der Waals surface area (Å²) in [5.41, 5.74) is 1.10. The van der Waals surface area contributed by atoms with Gasteiger partial charge in [0, 0.05) is 18.8 Å². The normalized spacial score (nSPS) is 12.6. The van der Waals surface area contributed by atoms with Crippen molar-refractivity contribution in [3.63, 3.8) is 0 Å². The molecule has 1 atom stereocenters. The van der Waals surface area contributed by atoms with Crippen molar-refractivity contribution in [2.45, 2.75) is 38.6 Å². The highest BCUT2D eigenvalue weighted by Crippen LogP contribution is 2.08. The van der Waals surface area contributed by atoms with Crippen molar-refractivity contribution in [2.75, 3.05) is 13.2 Å². The van der Waals surface area contributed by atoms with E-state index >= 15 is 0 Å². The van der Waals surface area contributed by atoms with Crippen LogP contribution in [0.2, 0.25) is 0 Å². The van der Waals surface area contributed by atoms with Gasteiger partial charge in [0.25, 0.3) is 0 Å². The molecule has 0 aromatic carbocycles. The Bertz CT molecular complexity index is 264. The van der Waals surface area contributed by atoms with Crippen LogP contribution in [0.25, 0.3) is 0 Å². The fourth-order valence-electron chi connectivity index (χ4n) is 1.65. The largest absolute Gasteiger partial charge is 0.396 e. The Morgan fingerprint density at radius 1 is 1.25 bits per heavy atom. The number of rotatable bonds is 8. The molecule has 1 rings (SSSR count). The molecule has 0 amide bonds. The zero-order valence-corrected chi connectivity index (χ0v) is 10.0. The van der Waals surface area contributed by atoms with Crippen molar-refractivity contribution in [2.24, 2.45) is 0 Å².